The van der Waals surface area contributed by atoms with Crippen LogP contribution in [-0.2, 0) is 9.59 Å². The van der Waals surface area contributed by atoms with Crippen LogP contribution < -0.4 is 5.32 Å². The third-order valence-corrected chi connectivity index (χ3v) is 4.22. The van der Waals surface area contributed by atoms with Gasteiger partial charge < -0.3 is 20.4 Å². The van der Waals surface area contributed by atoms with Gasteiger partial charge in [-0.15, -0.1) is 0 Å². The van der Waals surface area contributed by atoms with E-state index in [0.717, 1.165) is 12.8 Å². The predicted octanol–water partition coefficient (Wildman–Crippen LogP) is -0.0449. The van der Waals surface area contributed by atoms with Crippen LogP contribution in [0.3, 0.4) is 0 Å². The molecule has 3 N–H and O–H groups in total. The molecule has 0 aliphatic carbocycles. The maximum atomic E-state index is 12.5. The van der Waals surface area contributed by atoms with Gasteiger partial charge in [0, 0.05) is 13.1 Å². The van der Waals surface area contributed by atoms with Crippen LogP contribution in [0.15, 0.2) is 0 Å². The number of likely N-dealkylation sites (tertiary alicyclic amines) is 1. The van der Waals surface area contributed by atoms with Gasteiger partial charge in [-0.2, -0.15) is 0 Å². The fourth-order valence-corrected chi connectivity index (χ4v) is 3.30. The Balaban J connectivity index is 2.17. The number of carboxylic acid groups (broad SMARTS) is 1. The van der Waals surface area contributed by atoms with E-state index in [9.17, 15) is 19.8 Å². The van der Waals surface area contributed by atoms with Crippen LogP contribution >= 0.6 is 0 Å². The number of aliphatic carboxylic acids is 1. The number of nitrogens with zero attached hydrogens (tertiary/aromatic N) is 1. The maximum absolute atomic E-state index is 12.5. The highest BCUT2D eigenvalue weighted by Gasteiger charge is 2.50. The molecule has 0 radical (unpaired) electrons. The van der Waals surface area contributed by atoms with Crippen molar-refractivity contribution < 1.29 is 19.8 Å². The Hall–Kier alpha value is -1.14. The van der Waals surface area contributed by atoms with E-state index in [-0.39, 0.29) is 5.91 Å². The van der Waals surface area contributed by atoms with Crippen LogP contribution in [0.25, 0.3) is 0 Å². The maximum Gasteiger partial charge on any atom is 0.329 e. The summed E-state index contributed by atoms with van der Waals surface area (Å²) in [6.45, 7) is 2.83. The SMILES string of the molecule is CCCC1(C(=O)O)CCCN1C(=O)C1CC(O)CN1. The monoisotopic (exact) mass is 270 g/mol. The Kier molecular flexibility index (Phi) is 4.10. The van der Waals surface area contributed by atoms with Crippen molar-refractivity contribution in [2.45, 2.75) is 56.7 Å². The van der Waals surface area contributed by atoms with Crippen LogP contribution in [0.5, 0.6) is 0 Å². The van der Waals surface area contributed by atoms with Crippen molar-refractivity contribution in [1.82, 2.24) is 10.2 Å². The quantitative estimate of drug-likeness (QED) is 0.666. The topological polar surface area (TPSA) is 89.9 Å². The lowest BCUT2D eigenvalue weighted by Crippen LogP contribution is -2.57. The molecule has 0 aromatic carbocycles. The van der Waals surface area contributed by atoms with Gasteiger partial charge in [0.25, 0.3) is 0 Å². The van der Waals surface area contributed by atoms with Gasteiger partial charge in [-0.3, -0.25) is 4.79 Å². The third-order valence-electron chi connectivity index (χ3n) is 4.22. The summed E-state index contributed by atoms with van der Waals surface area (Å²) in [5, 5.41) is 22.0. The van der Waals surface area contributed by atoms with E-state index in [4.69, 9.17) is 0 Å². The summed E-state index contributed by atoms with van der Waals surface area (Å²) >= 11 is 0. The van der Waals surface area contributed by atoms with Crippen LogP contribution in [0.1, 0.15) is 39.0 Å². The molecule has 3 atom stereocenters. The number of aliphatic hydroxyl groups is 1. The molecule has 6 nitrogen and oxygen atoms in total. The van der Waals surface area contributed by atoms with E-state index < -0.39 is 23.7 Å². The zero-order valence-corrected chi connectivity index (χ0v) is 11.3. The summed E-state index contributed by atoms with van der Waals surface area (Å²) < 4.78 is 0. The first-order valence-electron chi connectivity index (χ1n) is 6.97. The van der Waals surface area contributed by atoms with Crippen molar-refractivity contribution in [2.24, 2.45) is 0 Å². The van der Waals surface area contributed by atoms with E-state index in [1.807, 2.05) is 6.92 Å². The van der Waals surface area contributed by atoms with E-state index >= 15 is 0 Å². The number of amides is 1. The first-order chi connectivity index (χ1) is 9.01. The highest BCUT2D eigenvalue weighted by molar-refractivity contribution is 5.90. The van der Waals surface area contributed by atoms with Gasteiger partial charge in [-0.25, -0.2) is 4.79 Å². The number of carboxylic acids is 1. The van der Waals surface area contributed by atoms with E-state index in [2.05, 4.69) is 5.32 Å². The highest BCUT2D eigenvalue weighted by atomic mass is 16.4. The van der Waals surface area contributed by atoms with Crippen LogP contribution in [0.4, 0.5) is 0 Å². The number of rotatable bonds is 4. The van der Waals surface area contributed by atoms with E-state index in [1.54, 1.807) is 0 Å². The molecular weight excluding hydrogens is 248 g/mol. The second kappa shape index (κ2) is 5.46. The van der Waals surface area contributed by atoms with Gasteiger partial charge in [0.2, 0.25) is 5.91 Å². The molecule has 0 bridgehead atoms. The second-order valence-corrected chi connectivity index (χ2v) is 5.53. The molecule has 0 spiro atoms. The number of hydrogen-bond acceptors (Lipinski definition) is 4. The minimum Gasteiger partial charge on any atom is -0.479 e. The van der Waals surface area contributed by atoms with Gasteiger partial charge >= 0.3 is 5.97 Å². The molecule has 0 aromatic rings. The van der Waals surface area contributed by atoms with Gasteiger partial charge in [0.05, 0.1) is 12.1 Å². The average molecular weight is 270 g/mol. The number of aliphatic hydroxyl groups excluding tert-OH is 1. The first kappa shape index (κ1) is 14.3. The Morgan fingerprint density at radius 2 is 2.21 bits per heavy atom. The number of carbonyl (C=O) groups is 2. The van der Waals surface area contributed by atoms with Crippen molar-refractivity contribution in [3.8, 4) is 0 Å². The molecule has 2 rings (SSSR count). The lowest BCUT2D eigenvalue weighted by molar-refractivity contribution is -0.157. The van der Waals surface area contributed by atoms with Crippen molar-refractivity contribution in [1.29, 1.82) is 0 Å². The zero-order chi connectivity index (χ0) is 14.0. The fourth-order valence-electron chi connectivity index (χ4n) is 3.30. The highest BCUT2D eigenvalue weighted by Crippen LogP contribution is 2.35. The van der Waals surface area contributed by atoms with Crippen molar-refractivity contribution >= 4 is 11.9 Å². The summed E-state index contributed by atoms with van der Waals surface area (Å²) in [7, 11) is 0. The summed E-state index contributed by atoms with van der Waals surface area (Å²) in [6.07, 6.45) is 2.34. The van der Waals surface area contributed by atoms with E-state index in [0.29, 0.717) is 32.4 Å². The molecule has 1 amide bonds. The molecule has 2 aliphatic rings. The molecule has 0 saturated carbocycles. The summed E-state index contributed by atoms with van der Waals surface area (Å²) in [5.41, 5.74) is -1.04. The predicted molar refractivity (Wildman–Crippen MR) is 68.6 cm³/mol. The Bertz CT molecular complexity index is 374. The van der Waals surface area contributed by atoms with Gasteiger partial charge in [0.15, 0.2) is 0 Å². The zero-order valence-electron chi connectivity index (χ0n) is 11.3. The van der Waals surface area contributed by atoms with Crippen LogP contribution in [0, 0.1) is 0 Å². The molecule has 2 aliphatic heterocycles. The van der Waals surface area contributed by atoms with Crippen molar-refractivity contribution in [3.05, 3.63) is 0 Å². The standard InChI is InChI=1S/C13H22N2O4/c1-2-4-13(12(18)19)5-3-6-15(13)11(17)10-7-9(16)8-14-10/h9-10,14,16H,2-8H2,1H3,(H,18,19). The summed E-state index contributed by atoms with van der Waals surface area (Å²) in [4.78, 5) is 25.6. The second-order valence-electron chi connectivity index (χ2n) is 5.53. The first-order valence-corrected chi connectivity index (χ1v) is 6.97. The Labute approximate surface area is 112 Å². The lowest BCUT2D eigenvalue weighted by atomic mass is 9.90. The molecule has 3 unspecified atom stereocenters. The minimum absolute atomic E-state index is 0.176. The number of carbonyl (C=O) groups excluding carboxylic acids is 1. The van der Waals surface area contributed by atoms with E-state index in [1.165, 1.54) is 4.90 Å². The van der Waals surface area contributed by atoms with Crippen molar-refractivity contribution in [3.63, 3.8) is 0 Å². The number of nitrogens with one attached hydrogen (secondary N) is 1. The summed E-state index contributed by atoms with van der Waals surface area (Å²) in [5.74, 6) is -1.08. The van der Waals surface area contributed by atoms with Gasteiger partial charge in [-0.1, -0.05) is 13.3 Å². The summed E-state index contributed by atoms with van der Waals surface area (Å²) in [6, 6.07) is -0.441. The lowest BCUT2D eigenvalue weighted by Gasteiger charge is -2.36. The number of β-amino-alcohol motifs (C(OH)–C–C–N with tert-alkyl or cyclic N) is 1. The fraction of sp³-hybridized carbons (Fsp3) is 0.846. The molecule has 2 fully saturated rings. The van der Waals surface area contributed by atoms with Crippen LogP contribution in [0.2, 0.25) is 0 Å². The van der Waals surface area contributed by atoms with Gasteiger partial charge in [-0.05, 0) is 25.7 Å². The minimum atomic E-state index is -1.04. The molecule has 19 heavy (non-hydrogen) atoms. The molecule has 6 heteroatoms. The molecule has 0 aromatic heterocycles. The molecule has 2 heterocycles. The van der Waals surface area contributed by atoms with Crippen LogP contribution in [-0.4, -0.2) is 57.8 Å². The normalized spacial score (nSPS) is 34.7. The molecule has 2 saturated heterocycles. The largest absolute Gasteiger partial charge is 0.479 e. The van der Waals surface area contributed by atoms with Gasteiger partial charge in [0.1, 0.15) is 5.54 Å². The molecule has 108 valence electrons. The Morgan fingerprint density at radius 3 is 2.74 bits per heavy atom. The smallest absolute Gasteiger partial charge is 0.329 e. The average Bonchev–Trinajstić information content (AvgIpc) is 2.96. The Morgan fingerprint density at radius 1 is 1.47 bits per heavy atom. The number of hydrogen-bond donors (Lipinski definition) is 3. The third kappa shape index (κ3) is 2.47. The molecular formula is C13H22N2O4. The van der Waals surface area contributed by atoms with Crippen molar-refractivity contribution in [2.75, 3.05) is 13.1 Å².